The maximum absolute atomic E-state index is 5.15. The second kappa shape index (κ2) is 4.34. The number of anilines is 1. The smallest absolute Gasteiger partial charge is 0.195 e. The van der Waals surface area contributed by atoms with Crippen LogP contribution in [0, 0.1) is 4.77 Å². The summed E-state index contributed by atoms with van der Waals surface area (Å²) in [5, 5.41) is 8.00. The zero-order valence-electron chi connectivity index (χ0n) is 9.39. The fourth-order valence-corrected chi connectivity index (χ4v) is 2.47. The Morgan fingerprint density at radius 2 is 2.31 bits per heavy atom. The second-order valence-electron chi connectivity index (χ2n) is 3.50. The summed E-state index contributed by atoms with van der Waals surface area (Å²) in [5.74, 6) is 0.859. The van der Waals surface area contributed by atoms with E-state index in [4.69, 9.17) is 12.2 Å². The normalized spacial score (nSPS) is 10.7. The Kier molecular flexibility index (Phi) is 3.06. The molecule has 2 aromatic heterocycles. The van der Waals surface area contributed by atoms with E-state index in [1.807, 2.05) is 36.7 Å². The van der Waals surface area contributed by atoms with Crippen molar-refractivity contribution in [2.75, 3.05) is 19.0 Å². The highest BCUT2D eigenvalue weighted by atomic mass is 32.1. The standard InChI is InChI=1S/C9H13N5S2/c1-4-14-7(11-12-8(14)15)6-5-10-9(16-6)13(2)3/h5H,4H2,1-3H3,(H,12,15). The van der Waals surface area contributed by atoms with Crippen LogP contribution < -0.4 is 4.90 Å². The van der Waals surface area contributed by atoms with Crippen molar-refractivity contribution < 1.29 is 0 Å². The molecule has 0 aliphatic rings. The van der Waals surface area contributed by atoms with E-state index in [9.17, 15) is 0 Å². The first-order chi connectivity index (χ1) is 7.63. The Balaban J connectivity index is 2.46. The van der Waals surface area contributed by atoms with Gasteiger partial charge in [0.05, 0.1) is 11.1 Å². The summed E-state index contributed by atoms with van der Waals surface area (Å²) < 4.78 is 2.61. The van der Waals surface area contributed by atoms with Crippen LogP contribution in [0.3, 0.4) is 0 Å². The predicted octanol–water partition coefficient (Wildman–Crippen LogP) is 2.15. The van der Waals surface area contributed by atoms with Gasteiger partial charge < -0.3 is 4.90 Å². The maximum atomic E-state index is 5.15. The molecule has 0 aliphatic carbocycles. The SMILES string of the molecule is CCn1c(-c2cnc(N(C)C)s2)n[nH]c1=S. The predicted molar refractivity (Wildman–Crippen MR) is 68.5 cm³/mol. The highest BCUT2D eigenvalue weighted by Gasteiger charge is 2.11. The lowest BCUT2D eigenvalue weighted by Gasteiger charge is -2.05. The van der Waals surface area contributed by atoms with Crippen molar-refractivity contribution >= 4 is 28.7 Å². The molecule has 0 bridgehead atoms. The fraction of sp³-hybridized carbons (Fsp3) is 0.444. The molecule has 0 saturated carbocycles. The Bertz CT molecular complexity index is 536. The molecule has 0 atom stereocenters. The lowest BCUT2D eigenvalue weighted by atomic mass is 10.5. The number of thiazole rings is 1. The lowest BCUT2D eigenvalue weighted by Crippen LogP contribution is -2.07. The van der Waals surface area contributed by atoms with E-state index in [0.29, 0.717) is 4.77 Å². The van der Waals surface area contributed by atoms with E-state index in [0.717, 1.165) is 22.4 Å². The molecule has 5 nitrogen and oxygen atoms in total. The van der Waals surface area contributed by atoms with Crippen molar-refractivity contribution in [3.05, 3.63) is 11.0 Å². The Labute approximate surface area is 103 Å². The lowest BCUT2D eigenvalue weighted by molar-refractivity contribution is 0.756. The molecule has 0 unspecified atom stereocenters. The summed E-state index contributed by atoms with van der Waals surface area (Å²) in [5.41, 5.74) is 0. The third-order valence-electron chi connectivity index (χ3n) is 2.17. The number of hydrogen-bond acceptors (Lipinski definition) is 5. The first-order valence-corrected chi connectivity index (χ1v) is 6.14. The van der Waals surface area contributed by atoms with Crippen LogP contribution in [0.25, 0.3) is 10.7 Å². The van der Waals surface area contributed by atoms with Gasteiger partial charge in [0.2, 0.25) is 0 Å². The average molecular weight is 255 g/mol. The van der Waals surface area contributed by atoms with E-state index in [-0.39, 0.29) is 0 Å². The first-order valence-electron chi connectivity index (χ1n) is 4.92. The van der Waals surface area contributed by atoms with Gasteiger partial charge in [0.15, 0.2) is 15.7 Å². The molecule has 0 spiro atoms. The Hall–Kier alpha value is -1.21. The molecule has 86 valence electrons. The summed E-state index contributed by atoms with van der Waals surface area (Å²) in [7, 11) is 3.94. The minimum absolute atomic E-state index is 0.650. The molecule has 7 heteroatoms. The van der Waals surface area contributed by atoms with Crippen LogP contribution in [-0.4, -0.2) is 33.8 Å². The molecule has 16 heavy (non-hydrogen) atoms. The molecule has 0 radical (unpaired) electrons. The van der Waals surface area contributed by atoms with Crippen molar-refractivity contribution in [2.24, 2.45) is 0 Å². The minimum Gasteiger partial charge on any atom is -0.354 e. The molecule has 2 rings (SSSR count). The van der Waals surface area contributed by atoms with Gasteiger partial charge in [-0.3, -0.25) is 9.67 Å². The van der Waals surface area contributed by atoms with Gasteiger partial charge in [0.1, 0.15) is 0 Å². The highest BCUT2D eigenvalue weighted by molar-refractivity contribution is 7.71. The third-order valence-corrected chi connectivity index (χ3v) is 3.64. The van der Waals surface area contributed by atoms with Gasteiger partial charge in [-0.25, -0.2) is 4.98 Å². The van der Waals surface area contributed by atoms with Gasteiger partial charge in [-0.1, -0.05) is 11.3 Å². The highest BCUT2D eigenvalue weighted by Crippen LogP contribution is 2.28. The van der Waals surface area contributed by atoms with Crippen LogP contribution in [0.15, 0.2) is 6.20 Å². The van der Waals surface area contributed by atoms with E-state index < -0.39 is 0 Å². The molecule has 2 aromatic rings. The molecule has 1 N–H and O–H groups in total. The summed E-state index contributed by atoms with van der Waals surface area (Å²) in [6, 6.07) is 0. The number of rotatable bonds is 3. The van der Waals surface area contributed by atoms with E-state index >= 15 is 0 Å². The van der Waals surface area contributed by atoms with Crippen LogP contribution in [0.5, 0.6) is 0 Å². The summed E-state index contributed by atoms with van der Waals surface area (Å²) in [4.78, 5) is 7.32. The van der Waals surface area contributed by atoms with Crippen LogP contribution in [0.1, 0.15) is 6.92 Å². The van der Waals surface area contributed by atoms with Crippen molar-refractivity contribution in [1.29, 1.82) is 0 Å². The molecule has 0 aliphatic heterocycles. The largest absolute Gasteiger partial charge is 0.354 e. The van der Waals surface area contributed by atoms with Gasteiger partial charge in [0.25, 0.3) is 0 Å². The number of H-pyrrole nitrogens is 1. The molecular weight excluding hydrogens is 242 g/mol. The zero-order valence-corrected chi connectivity index (χ0v) is 11.0. The van der Waals surface area contributed by atoms with E-state index in [2.05, 4.69) is 15.2 Å². The zero-order chi connectivity index (χ0) is 11.7. The van der Waals surface area contributed by atoms with Crippen LogP contribution in [0.4, 0.5) is 5.13 Å². The molecular formula is C9H13N5S2. The first kappa shape index (κ1) is 11.3. The second-order valence-corrected chi connectivity index (χ2v) is 4.89. The Morgan fingerprint density at radius 1 is 1.56 bits per heavy atom. The quantitative estimate of drug-likeness (QED) is 0.854. The molecule has 0 aromatic carbocycles. The number of nitrogens with zero attached hydrogens (tertiary/aromatic N) is 4. The van der Waals surface area contributed by atoms with Gasteiger partial charge in [-0.2, -0.15) is 5.10 Å². The Morgan fingerprint density at radius 3 is 2.88 bits per heavy atom. The van der Waals surface area contributed by atoms with Crippen LogP contribution >= 0.6 is 23.6 Å². The van der Waals surface area contributed by atoms with Crippen molar-refractivity contribution in [1.82, 2.24) is 19.7 Å². The summed E-state index contributed by atoms with van der Waals surface area (Å²) in [6.07, 6.45) is 1.83. The summed E-state index contributed by atoms with van der Waals surface area (Å²) in [6.45, 7) is 2.85. The van der Waals surface area contributed by atoms with Crippen molar-refractivity contribution in [3.8, 4) is 10.7 Å². The van der Waals surface area contributed by atoms with E-state index in [1.54, 1.807) is 11.3 Å². The fourth-order valence-electron chi connectivity index (χ4n) is 1.37. The average Bonchev–Trinajstić information content (AvgIpc) is 2.83. The number of aromatic amines is 1. The van der Waals surface area contributed by atoms with Gasteiger partial charge in [-0.05, 0) is 19.1 Å². The van der Waals surface area contributed by atoms with Gasteiger partial charge in [-0.15, -0.1) is 0 Å². The van der Waals surface area contributed by atoms with Crippen molar-refractivity contribution in [3.63, 3.8) is 0 Å². The van der Waals surface area contributed by atoms with Crippen LogP contribution in [0.2, 0.25) is 0 Å². The molecule has 0 amide bonds. The van der Waals surface area contributed by atoms with E-state index in [1.165, 1.54) is 0 Å². The minimum atomic E-state index is 0.650. The molecule has 0 fully saturated rings. The third kappa shape index (κ3) is 1.88. The number of aromatic nitrogens is 4. The van der Waals surface area contributed by atoms with Crippen molar-refractivity contribution in [2.45, 2.75) is 13.5 Å². The number of hydrogen-bond donors (Lipinski definition) is 1. The molecule has 0 saturated heterocycles. The van der Waals surface area contributed by atoms with Gasteiger partial charge in [0, 0.05) is 20.6 Å². The maximum Gasteiger partial charge on any atom is 0.195 e. The monoisotopic (exact) mass is 255 g/mol. The number of nitrogens with one attached hydrogen (secondary N) is 1. The summed E-state index contributed by atoms with van der Waals surface area (Å²) >= 11 is 6.75. The molecule has 2 heterocycles. The van der Waals surface area contributed by atoms with Crippen LogP contribution in [-0.2, 0) is 6.54 Å². The topological polar surface area (TPSA) is 49.7 Å². The van der Waals surface area contributed by atoms with Gasteiger partial charge >= 0.3 is 0 Å².